The first kappa shape index (κ1) is 18.0. The number of anilines is 1. The Morgan fingerprint density at radius 1 is 1.22 bits per heavy atom. The Kier molecular flexibility index (Phi) is 4.46. The van der Waals surface area contributed by atoms with Gasteiger partial charge in [0, 0.05) is 12.6 Å². The Labute approximate surface area is 158 Å². The highest BCUT2D eigenvalue weighted by atomic mass is 35.5. The van der Waals surface area contributed by atoms with E-state index in [1.165, 1.54) is 25.0 Å². The van der Waals surface area contributed by atoms with Crippen LogP contribution >= 0.6 is 11.6 Å². The van der Waals surface area contributed by atoms with E-state index < -0.39 is 11.7 Å². The highest BCUT2D eigenvalue weighted by Gasteiger charge is 2.30. The van der Waals surface area contributed by atoms with Crippen LogP contribution in [0.15, 0.2) is 30.6 Å². The molecule has 5 nitrogen and oxygen atoms in total. The van der Waals surface area contributed by atoms with Crippen LogP contribution < -0.4 is 5.32 Å². The van der Waals surface area contributed by atoms with Crippen LogP contribution in [-0.4, -0.2) is 25.6 Å². The van der Waals surface area contributed by atoms with Gasteiger partial charge in [-0.1, -0.05) is 12.1 Å². The van der Waals surface area contributed by atoms with Gasteiger partial charge in [0.2, 0.25) is 5.28 Å². The minimum absolute atomic E-state index is 0.104. The van der Waals surface area contributed by atoms with Crippen molar-refractivity contribution in [3.05, 3.63) is 47.0 Å². The summed E-state index contributed by atoms with van der Waals surface area (Å²) in [7, 11) is 0. The summed E-state index contributed by atoms with van der Waals surface area (Å²) in [5.41, 5.74) is 1.19. The molecule has 0 bridgehead atoms. The van der Waals surface area contributed by atoms with Crippen LogP contribution in [0.2, 0.25) is 5.28 Å². The molecule has 0 aliphatic heterocycles. The molecule has 2 aromatic heterocycles. The third-order valence-electron chi connectivity index (χ3n) is 4.77. The Balaban J connectivity index is 1.65. The Hall–Kier alpha value is -2.35. The molecule has 0 unspecified atom stereocenters. The molecule has 27 heavy (non-hydrogen) atoms. The summed E-state index contributed by atoms with van der Waals surface area (Å²) < 4.78 is 40.0. The van der Waals surface area contributed by atoms with Crippen LogP contribution in [0.3, 0.4) is 0 Å². The maximum Gasteiger partial charge on any atom is 0.416 e. The number of halogens is 4. The Bertz CT molecular complexity index is 964. The van der Waals surface area contributed by atoms with E-state index in [2.05, 4.69) is 27.2 Å². The van der Waals surface area contributed by atoms with Gasteiger partial charge >= 0.3 is 6.18 Å². The van der Waals surface area contributed by atoms with Crippen molar-refractivity contribution in [2.24, 2.45) is 5.92 Å². The predicted octanol–water partition coefficient (Wildman–Crippen LogP) is 4.76. The summed E-state index contributed by atoms with van der Waals surface area (Å²) in [4.78, 5) is 12.7. The van der Waals surface area contributed by atoms with Gasteiger partial charge in [-0.2, -0.15) is 23.1 Å². The molecular formula is C18H17ClF3N5. The lowest BCUT2D eigenvalue weighted by Gasteiger charge is -2.15. The minimum atomic E-state index is -4.35. The van der Waals surface area contributed by atoms with Crippen molar-refractivity contribution in [3.8, 4) is 0 Å². The van der Waals surface area contributed by atoms with Crippen molar-refractivity contribution in [1.29, 1.82) is 0 Å². The maximum atomic E-state index is 12.7. The number of hydrogen-bond acceptors (Lipinski definition) is 4. The lowest BCUT2D eigenvalue weighted by molar-refractivity contribution is -0.137. The van der Waals surface area contributed by atoms with Crippen LogP contribution in [0, 0.1) is 5.92 Å². The van der Waals surface area contributed by atoms with E-state index >= 15 is 0 Å². The number of fused-ring (bicyclic) bond motifs is 1. The van der Waals surface area contributed by atoms with E-state index in [1.807, 2.05) is 4.57 Å². The Morgan fingerprint density at radius 2 is 1.93 bits per heavy atom. The number of imidazole rings is 1. The number of benzene rings is 1. The smallest absolute Gasteiger partial charge is 0.365 e. The van der Waals surface area contributed by atoms with Crippen molar-refractivity contribution < 1.29 is 13.2 Å². The summed E-state index contributed by atoms with van der Waals surface area (Å²) in [6.45, 7) is 2.45. The number of nitrogens with zero attached hydrogens (tertiary/aromatic N) is 4. The second kappa shape index (κ2) is 6.67. The molecule has 1 fully saturated rings. The van der Waals surface area contributed by atoms with Gasteiger partial charge in [0.1, 0.15) is 5.52 Å². The van der Waals surface area contributed by atoms with Gasteiger partial charge in [-0.15, -0.1) is 0 Å². The highest BCUT2D eigenvalue weighted by molar-refractivity contribution is 6.28. The third kappa shape index (κ3) is 3.85. The van der Waals surface area contributed by atoms with Gasteiger partial charge in [0.15, 0.2) is 11.5 Å². The first-order valence-electron chi connectivity index (χ1n) is 8.62. The molecule has 142 valence electrons. The molecule has 0 radical (unpaired) electrons. The molecule has 1 N–H and O–H groups in total. The molecule has 0 spiro atoms. The fraction of sp³-hybridized carbons (Fsp3) is 0.389. The second-order valence-electron chi connectivity index (χ2n) is 6.85. The van der Waals surface area contributed by atoms with Crippen molar-refractivity contribution >= 4 is 28.6 Å². The second-order valence-corrected chi connectivity index (χ2v) is 7.19. The van der Waals surface area contributed by atoms with Gasteiger partial charge < -0.3 is 9.88 Å². The number of hydrogen-bond donors (Lipinski definition) is 1. The van der Waals surface area contributed by atoms with E-state index in [-0.39, 0.29) is 11.3 Å². The van der Waals surface area contributed by atoms with E-state index in [0.29, 0.717) is 29.4 Å². The Morgan fingerprint density at radius 3 is 2.56 bits per heavy atom. The van der Waals surface area contributed by atoms with Crippen molar-refractivity contribution in [3.63, 3.8) is 0 Å². The highest BCUT2D eigenvalue weighted by Crippen LogP contribution is 2.35. The molecule has 1 aliphatic rings. The summed E-state index contributed by atoms with van der Waals surface area (Å²) in [6, 6.07) is 5.33. The zero-order chi connectivity index (χ0) is 19.2. The number of alkyl halides is 3. The summed E-state index contributed by atoms with van der Waals surface area (Å²) in [5.74, 6) is 1.20. The molecule has 0 saturated heterocycles. The maximum absolute atomic E-state index is 12.7. The molecule has 1 saturated carbocycles. The molecule has 1 atom stereocenters. The largest absolute Gasteiger partial charge is 0.416 e. The summed E-state index contributed by atoms with van der Waals surface area (Å²) in [6.07, 6.45) is -0.386. The van der Waals surface area contributed by atoms with Crippen molar-refractivity contribution in [1.82, 2.24) is 19.5 Å². The normalized spacial score (nSPS) is 15.9. The van der Waals surface area contributed by atoms with Crippen LogP contribution in [0.25, 0.3) is 11.2 Å². The topological polar surface area (TPSA) is 55.6 Å². The van der Waals surface area contributed by atoms with Crippen LogP contribution in [0.1, 0.15) is 30.9 Å². The SMILES string of the molecule is C[C@@H](Nc1nc(Cl)nc2ncn(Cc3ccc(C(F)(F)F)cc3)c12)C1CC1. The van der Waals surface area contributed by atoms with E-state index in [9.17, 15) is 13.2 Å². The summed E-state index contributed by atoms with van der Waals surface area (Å²) in [5, 5.41) is 3.49. The number of nitrogens with one attached hydrogen (secondary N) is 1. The number of aromatic nitrogens is 4. The van der Waals surface area contributed by atoms with Gasteiger partial charge in [-0.25, -0.2) is 4.98 Å². The van der Waals surface area contributed by atoms with Gasteiger partial charge in [0.05, 0.1) is 11.9 Å². The van der Waals surface area contributed by atoms with E-state index in [4.69, 9.17) is 11.6 Å². The molecular weight excluding hydrogens is 379 g/mol. The molecule has 2 heterocycles. The monoisotopic (exact) mass is 395 g/mol. The lowest BCUT2D eigenvalue weighted by Crippen LogP contribution is -2.19. The third-order valence-corrected chi connectivity index (χ3v) is 4.94. The first-order valence-corrected chi connectivity index (χ1v) is 9.00. The fourth-order valence-electron chi connectivity index (χ4n) is 3.10. The molecule has 9 heteroatoms. The predicted molar refractivity (Wildman–Crippen MR) is 96.7 cm³/mol. The summed E-state index contributed by atoms with van der Waals surface area (Å²) >= 11 is 6.01. The van der Waals surface area contributed by atoms with E-state index in [0.717, 1.165) is 17.7 Å². The molecule has 0 amide bonds. The van der Waals surface area contributed by atoms with Gasteiger partial charge in [-0.05, 0) is 55.0 Å². The minimum Gasteiger partial charge on any atom is -0.365 e. The zero-order valence-corrected chi connectivity index (χ0v) is 15.2. The van der Waals surface area contributed by atoms with Crippen molar-refractivity contribution in [2.45, 2.75) is 38.5 Å². The van der Waals surface area contributed by atoms with Crippen LogP contribution in [0.5, 0.6) is 0 Å². The molecule has 4 rings (SSSR count). The van der Waals surface area contributed by atoms with Gasteiger partial charge in [-0.3, -0.25) is 0 Å². The quantitative estimate of drug-likeness (QED) is 0.633. The molecule has 1 aromatic carbocycles. The van der Waals surface area contributed by atoms with E-state index in [1.54, 1.807) is 6.33 Å². The molecule has 1 aliphatic carbocycles. The zero-order valence-electron chi connectivity index (χ0n) is 14.5. The first-order chi connectivity index (χ1) is 12.8. The average molecular weight is 396 g/mol. The van der Waals surface area contributed by atoms with Crippen LogP contribution in [0.4, 0.5) is 19.0 Å². The average Bonchev–Trinajstić information content (AvgIpc) is 3.37. The lowest BCUT2D eigenvalue weighted by atomic mass is 10.1. The fourth-order valence-corrected chi connectivity index (χ4v) is 3.26. The molecule has 3 aromatic rings. The van der Waals surface area contributed by atoms with Gasteiger partial charge in [0.25, 0.3) is 0 Å². The standard InChI is InChI=1S/C18H17ClF3N5/c1-10(12-4-5-12)24-16-14-15(25-17(19)26-16)23-9-27(14)8-11-2-6-13(7-3-11)18(20,21)22/h2-3,6-7,9-10,12H,4-5,8H2,1H3,(H,24,25,26)/t10-/m1/s1. The van der Waals surface area contributed by atoms with Crippen molar-refractivity contribution in [2.75, 3.05) is 5.32 Å². The number of rotatable bonds is 5. The van der Waals surface area contributed by atoms with Crippen LogP contribution in [-0.2, 0) is 12.7 Å².